The molecule has 1 atom stereocenters. The number of carboxylic acids is 1. The summed E-state index contributed by atoms with van der Waals surface area (Å²) in [5.41, 5.74) is 3.46. The van der Waals surface area contributed by atoms with Gasteiger partial charge in [0.1, 0.15) is 11.5 Å². The number of rotatable bonds is 6. The minimum Gasteiger partial charge on any atom is -0.507 e. The minimum atomic E-state index is -1.10. The first-order valence-electron chi connectivity index (χ1n) is 12.0. The van der Waals surface area contributed by atoms with Crippen LogP contribution >= 0.6 is 0 Å². The molecule has 3 N–H and O–H groups in total. The van der Waals surface area contributed by atoms with Crippen LogP contribution in [0.15, 0.2) is 66.2 Å². The first-order chi connectivity index (χ1) is 18.2. The number of amides is 1. The largest absolute Gasteiger partial charge is 0.507 e. The number of aliphatic hydroxyl groups is 1. The van der Waals surface area contributed by atoms with Gasteiger partial charge < -0.3 is 19.9 Å². The second kappa shape index (κ2) is 9.51. The quantitative estimate of drug-likeness (QED) is 0.190. The fraction of sp³-hybridized carbons (Fsp3) is 0.172. The number of nitrogens with zero attached hydrogens (tertiary/aromatic N) is 2. The number of aromatic amines is 1. The zero-order chi connectivity index (χ0) is 27.1. The number of carbonyl (C=O) groups excluding carboxylic acids is 2. The second-order valence-electron chi connectivity index (χ2n) is 9.09. The fourth-order valence-corrected chi connectivity index (χ4v) is 4.72. The summed E-state index contributed by atoms with van der Waals surface area (Å²) in [6, 6.07) is 15.8. The maximum absolute atomic E-state index is 13.4. The first-order valence-corrected chi connectivity index (χ1v) is 12.0. The molecule has 0 aliphatic carbocycles. The molecule has 0 radical (unpaired) electrons. The molecule has 9 nitrogen and oxygen atoms in total. The van der Waals surface area contributed by atoms with Gasteiger partial charge in [-0.25, -0.2) is 9.78 Å². The number of H-pyrrole nitrogens is 1. The number of ether oxygens (including phenoxy) is 1. The van der Waals surface area contributed by atoms with Crippen LogP contribution in [0.1, 0.15) is 45.6 Å². The predicted octanol–water partition coefficient (Wildman–Crippen LogP) is 4.90. The molecule has 1 amide bonds. The molecule has 0 saturated carbocycles. The lowest BCUT2D eigenvalue weighted by molar-refractivity contribution is -0.132. The van der Waals surface area contributed by atoms with Crippen LogP contribution < -0.4 is 9.64 Å². The van der Waals surface area contributed by atoms with E-state index in [0.717, 1.165) is 11.1 Å². The van der Waals surface area contributed by atoms with Crippen molar-refractivity contribution in [1.29, 1.82) is 0 Å². The number of carboxylic acid groups (broad SMARTS) is 1. The van der Waals surface area contributed by atoms with Gasteiger partial charge in [0.2, 0.25) is 5.95 Å². The molecule has 3 aromatic carbocycles. The lowest BCUT2D eigenvalue weighted by atomic mass is 9.94. The normalized spacial score (nSPS) is 16.8. The predicted molar refractivity (Wildman–Crippen MR) is 141 cm³/mol. The van der Waals surface area contributed by atoms with E-state index in [-0.39, 0.29) is 22.8 Å². The Hall–Kier alpha value is -4.92. The van der Waals surface area contributed by atoms with Crippen molar-refractivity contribution >= 4 is 40.4 Å². The standard InChI is InChI=1S/C29H25N3O6/c1-4-38-22-11-9-18(13-16(22)3)25(33)23-24(17-7-5-6-15(2)12-17)32(27(35)26(23)34)29-30-20-10-8-19(28(36)37)14-21(20)31-29/h5-14,24,33H,4H2,1-3H3,(H,30,31)(H,36,37)/b25-23+. The molecule has 0 bridgehead atoms. The van der Waals surface area contributed by atoms with E-state index in [2.05, 4.69) is 9.97 Å². The van der Waals surface area contributed by atoms with Gasteiger partial charge in [-0.2, -0.15) is 0 Å². The number of aromatic nitrogens is 2. The number of aromatic carboxylic acids is 1. The van der Waals surface area contributed by atoms with Crippen molar-refractivity contribution in [1.82, 2.24) is 9.97 Å². The van der Waals surface area contributed by atoms with E-state index in [0.29, 0.717) is 34.5 Å². The Balaban J connectivity index is 1.70. The third-order valence-corrected chi connectivity index (χ3v) is 6.50. The Morgan fingerprint density at radius 3 is 2.47 bits per heavy atom. The van der Waals surface area contributed by atoms with Crippen LogP contribution in [0, 0.1) is 13.8 Å². The average Bonchev–Trinajstić information content (AvgIpc) is 3.42. The molecule has 2 heterocycles. The number of benzene rings is 3. The number of hydrogen-bond acceptors (Lipinski definition) is 6. The smallest absolute Gasteiger partial charge is 0.335 e. The number of imidazole rings is 1. The molecular weight excluding hydrogens is 486 g/mol. The Morgan fingerprint density at radius 1 is 1.03 bits per heavy atom. The van der Waals surface area contributed by atoms with Crippen LogP contribution in [0.5, 0.6) is 5.75 Å². The summed E-state index contributed by atoms with van der Waals surface area (Å²) >= 11 is 0. The highest BCUT2D eigenvalue weighted by molar-refractivity contribution is 6.51. The zero-order valence-electron chi connectivity index (χ0n) is 21.0. The molecule has 1 fully saturated rings. The van der Waals surface area contributed by atoms with E-state index in [1.807, 2.05) is 39.0 Å². The van der Waals surface area contributed by atoms with Crippen LogP contribution in [-0.2, 0) is 9.59 Å². The Bertz CT molecular complexity index is 1650. The van der Waals surface area contributed by atoms with E-state index in [1.165, 1.54) is 23.1 Å². The second-order valence-corrected chi connectivity index (χ2v) is 9.09. The third-order valence-electron chi connectivity index (χ3n) is 6.50. The van der Waals surface area contributed by atoms with Crippen LogP contribution in [0.2, 0.25) is 0 Å². The molecule has 1 aromatic heterocycles. The number of carbonyl (C=O) groups is 3. The van der Waals surface area contributed by atoms with E-state index < -0.39 is 23.7 Å². The van der Waals surface area contributed by atoms with Crippen molar-refractivity contribution in [3.63, 3.8) is 0 Å². The molecule has 4 aromatic rings. The van der Waals surface area contributed by atoms with Gasteiger partial charge in [-0.15, -0.1) is 0 Å². The Kier molecular flexibility index (Phi) is 6.20. The van der Waals surface area contributed by atoms with Gasteiger partial charge in [-0.05, 0) is 68.3 Å². The van der Waals surface area contributed by atoms with Crippen LogP contribution in [0.4, 0.5) is 5.95 Å². The number of hydrogen-bond donors (Lipinski definition) is 3. The van der Waals surface area contributed by atoms with Crippen molar-refractivity contribution in [3.05, 3.63) is 94.1 Å². The van der Waals surface area contributed by atoms with Gasteiger partial charge in [0.15, 0.2) is 0 Å². The molecule has 9 heteroatoms. The monoisotopic (exact) mass is 511 g/mol. The number of Topliss-reactive ketones (excluding diaryl/α,β-unsaturated/α-hetero) is 1. The Morgan fingerprint density at radius 2 is 1.79 bits per heavy atom. The number of anilines is 1. The number of fused-ring (bicyclic) bond motifs is 1. The van der Waals surface area contributed by atoms with E-state index in [4.69, 9.17) is 4.74 Å². The first kappa shape index (κ1) is 24.8. The lowest BCUT2D eigenvalue weighted by Crippen LogP contribution is -2.30. The molecule has 0 spiro atoms. The number of nitrogens with one attached hydrogen (secondary N) is 1. The zero-order valence-corrected chi connectivity index (χ0v) is 21.0. The summed E-state index contributed by atoms with van der Waals surface area (Å²) in [7, 11) is 0. The van der Waals surface area contributed by atoms with E-state index in [9.17, 15) is 24.6 Å². The molecular formula is C29H25N3O6. The average molecular weight is 512 g/mol. The van der Waals surface area contributed by atoms with Crippen molar-refractivity contribution in [2.24, 2.45) is 0 Å². The van der Waals surface area contributed by atoms with Crippen LogP contribution in [0.25, 0.3) is 16.8 Å². The van der Waals surface area contributed by atoms with E-state index in [1.54, 1.807) is 24.3 Å². The summed E-state index contributed by atoms with van der Waals surface area (Å²) < 4.78 is 5.59. The number of aryl methyl sites for hydroxylation is 2. The van der Waals surface area contributed by atoms with Gasteiger partial charge in [0, 0.05) is 5.56 Å². The summed E-state index contributed by atoms with van der Waals surface area (Å²) in [5.74, 6) is -2.41. The highest BCUT2D eigenvalue weighted by atomic mass is 16.5. The molecule has 192 valence electrons. The highest BCUT2D eigenvalue weighted by Crippen LogP contribution is 2.42. The van der Waals surface area contributed by atoms with Crippen LogP contribution in [0.3, 0.4) is 0 Å². The van der Waals surface area contributed by atoms with Crippen molar-refractivity contribution in [3.8, 4) is 5.75 Å². The summed E-state index contributed by atoms with van der Waals surface area (Å²) in [6.07, 6.45) is 0. The van der Waals surface area contributed by atoms with Crippen LogP contribution in [-0.4, -0.2) is 44.4 Å². The lowest BCUT2D eigenvalue weighted by Gasteiger charge is -2.23. The van der Waals surface area contributed by atoms with Gasteiger partial charge >= 0.3 is 11.9 Å². The van der Waals surface area contributed by atoms with E-state index >= 15 is 0 Å². The maximum atomic E-state index is 13.4. The Labute approximate surface area is 218 Å². The van der Waals surface area contributed by atoms with Crippen molar-refractivity contribution < 1.29 is 29.3 Å². The number of aliphatic hydroxyl groups excluding tert-OH is 1. The molecule has 1 aliphatic heterocycles. The summed E-state index contributed by atoms with van der Waals surface area (Å²) in [4.78, 5) is 47.0. The van der Waals surface area contributed by atoms with Crippen molar-refractivity contribution in [2.75, 3.05) is 11.5 Å². The summed E-state index contributed by atoms with van der Waals surface area (Å²) in [5, 5.41) is 20.7. The number of ketones is 1. The van der Waals surface area contributed by atoms with Gasteiger partial charge in [-0.1, -0.05) is 29.8 Å². The third kappa shape index (κ3) is 4.17. The summed E-state index contributed by atoms with van der Waals surface area (Å²) in [6.45, 7) is 6.07. The maximum Gasteiger partial charge on any atom is 0.335 e. The van der Waals surface area contributed by atoms with Gasteiger partial charge in [0.05, 0.1) is 34.8 Å². The van der Waals surface area contributed by atoms with Gasteiger partial charge in [0.25, 0.3) is 5.78 Å². The molecule has 1 aliphatic rings. The molecule has 5 rings (SSSR count). The minimum absolute atomic E-state index is 0.0517. The SMILES string of the molecule is CCOc1ccc(/C(O)=C2\C(=O)C(=O)N(c3nc4ccc(C(=O)O)cc4[nH]3)C2c2cccc(C)c2)cc1C. The molecule has 1 saturated heterocycles. The fourth-order valence-electron chi connectivity index (χ4n) is 4.72. The van der Waals surface area contributed by atoms with Crippen molar-refractivity contribution in [2.45, 2.75) is 26.8 Å². The topological polar surface area (TPSA) is 133 Å². The molecule has 38 heavy (non-hydrogen) atoms. The molecule has 1 unspecified atom stereocenters. The highest BCUT2D eigenvalue weighted by Gasteiger charge is 2.48. The van der Waals surface area contributed by atoms with Gasteiger partial charge in [-0.3, -0.25) is 14.5 Å².